The lowest BCUT2D eigenvalue weighted by molar-refractivity contribution is 0.238. The van der Waals surface area contributed by atoms with E-state index in [1.165, 1.54) is 0 Å². The van der Waals surface area contributed by atoms with Crippen LogP contribution >= 0.6 is 0 Å². The molecule has 1 fully saturated rings. The molecule has 2 aromatic rings. The number of sulfone groups is 1. The fourth-order valence-corrected chi connectivity index (χ4v) is 4.38. The molecule has 1 atom stereocenters. The summed E-state index contributed by atoms with van der Waals surface area (Å²) in [6.07, 6.45) is 4.80. The van der Waals surface area contributed by atoms with Gasteiger partial charge in [0.2, 0.25) is 0 Å². The van der Waals surface area contributed by atoms with Crippen LogP contribution in [0.3, 0.4) is 0 Å². The van der Waals surface area contributed by atoms with Gasteiger partial charge < -0.3 is 10.6 Å². The van der Waals surface area contributed by atoms with Gasteiger partial charge in [-0.25, -0.2) is 17.9 Å². The van der Waals surface area contributed by atoms with Gasteiger partial charge in [-0.2, -0.15) is 5.10 Å². The maximum atomic E-state index is 11.8. The fourth-order valence-electron chi connectivity index (χ4n) is 2.70. The number of aromatic nitrogens is 2. The maximum absolute atomic E-state index is 11.8. The van der Waals surface area contributed by atoms with Gasteiger partial charge in [0.05, 0.1) is 17.2 Å². The van der Waals surface area contributed by atoms with Crippen molar-refractivity contribution in [3.05, 3.63) is 48.3 Å². The summed E-state index contributed by atoms with van der Waals surface area (Å²) in [5.41, 5.74) is 2.09. The van der Waals surface area contributed by atoms with Crippen LogP contribution in [0.1, 0.15) is 12.0 Å². The highest BCUT2D eigenvalue weighted by atomic mass is 32.2. The molecule has 128 valence electrons. The molecule has 0 radical (unpaired) electrons. The third kappa shape index (κ3) is 4.35. The zero-order chi connectivity index (χ0) is 17.0. The second kappa shape index (κ2) is 7.04. The first kappa shape index (κ1) is 16.5. The number of benzene rings is 1. The Morgan fingerprint density at radius 1 is 1.29 bits per heavy atom. The Hall–Kier alpha value is -2.35. The van der Waals surface area contributed by atoms with Crippen LogP contribution in [0.25, 0.3) is 5.69 Å². The number of rotatable bonds is 5. The van der Waals surface area contributed by atoms with Crippen molar-refractivity contribution in [3.8, 4) is 5.69 Å². The molecule has 0 unspecified atom stereocenters. The standard InChI is InChI=1S/C16H20N4O3S/c21-16(19-14-7-11-24(22,23)12-14)17-9-6-13-2-4-15(5-3-13)20-10-1-8-18-20/h1-5,8,10,14H,6-7,9,11-12H2,(H2,17,19,21)/t14-/m1/s1. The highest BCUT2D eigenvalue weighted by Crippen LogP contribution is 2.11. The second-order valence-electron chi connectivity index (χ2n) is 5.87. The molecule has 24 heavy (non-hydrogen) atoms. The molecule has 1 aromatic carbocycles. The second-order valence-corrected chi connectivity index (χ2v) is 8.10. The Balaban J connectivity index is 1.42. The summed E-state index contributed by atoms with van der Waals surface area (Å²) >= 11 is 0. The normalized spacial score (nSPS) is 19.1. The number of carbonyl (C=O) groups is 1. The molecule has 7 nitrogen and oxygen atoms in total. The van der Waals surface area contributed by atoms with Gasteiger partial charge in [-0.05, 0) is 36.6 Å². The van der Waals surface area contributed by atoms with Crippen molar-refractivity contribution in [3.63, 3.8) is 0 Å². The van der Waals surface area contributed by atoms with Crippen molar-refractivity contribution in [2.45, 2.75) is 18.9 Å². The van der Waals surface area contributed by atoms with Crippen molar-refractivity contribution in [1.29, 1.82) is 0 Å². The molecule has 1 aromatic heterocycles. The summed E-state index contributed by atoms with van der Waals surface area (Å²) < 4.78 is 24.5. The van der Waals surface area contributed by atoms with Crippen LogP contribution in [0.2, 0.25) is 0 Å². The molecule has 3 rings (SSSR count). The quantitative estimate of drug-likeness (QED) is 0.840. The minimum atomic E-state index is -2.98. The van der Waals surface area contributed by atoms with Crippen LogP contribution in [0.15, 0.2) is 42.7 Å². The van der Waals surface area contributed by atoms with E-state index < -0.39 is 9.84 Å². The molecule has 1 aliphatic heterocycles. The summed E-state index contributed by atoms with van der Waals surface area (Å²) in [6, 6.07) is 9.23. The molecule has 2 amide bonds. The largest absolute Gasteiger partial charge is 0.338 e. The molecular weight excluding hydrogens is 328 g/mol. The summed E-state index contributed by atoms with van der Waals surface area (Å²) in [5.74, 6) is 0.190. The van der Waals surface area contributed by atoms with E-state index in [-0.39, 0.29) is 23.6 Å². The van der Waals surface area contributed by atoms with Crippen molar-refractivity contribution >= 4 is 15.9 Å². The number of nitrogens with zero attached hydrogens (tertiary/aromatic N) is 2. The highest BCUT2D eigenvalue weighted by Gasteiger charge is 2.28. The Morgan fingerprint density at radius 3 is 2.71 bits per heavy atom. The third-order valence-electron chi connectivity index (χ3n) is 3.97. The van der Waals surface area contributed by atoms with Crippen molar-refractivity contribution < 1.29 is 13.2 Å². The van der Waals surface area contributed by atoms with Crippen molar-refractivity contribution in [2.24, 2.45) is 0 Å². The highest BCUT2D eigenvalue weighted by molar-refractivity contribution is 7.91. The van der Waals surface area contributed by atoms with Crippen LogP contribution in [0.5, 0.6) is 0 Å². The van der Waals surface area contributed by atoms with Gasteiger partial charge in [-0.1, -0.05) is 12.1 Å². The molecule has 8 heteroatoms. The van der Waals surface area contributed by atoms with Gasteiger partial charge in [0.1, 0.15) is 0 Å². The van der Waals surface area contributed by atoms with Crippen LogP contribution in [-0.4, -0.2) is 48.3 Å². The zero-order valence-corrected chi connectivity index (χ0v) is 14.0. The van der Waals surface area contributed by atoms with E-state index in [0.29, 0.717) is 19.4 Å². The predicted octanol–water partition coefficient (Wildman–Crippen LogP) is 0.901. The average Bonchev–Trinajstić information content (AvgIpc) is 3.18. The fraction of sp³-hybridized carbons (Fsp3) is 0.375. The predicted molar refractivity (Wildman–Crippen MR) is 90.9 cm³/mol. The van der Waals surface area contributed by atoms with E-state index >= 15 is 0 Å². The van der Waals surface area contributed by atoms with E-state index in [0.717, 1.165) is 11.3 Å². The zero-order valence-electron chi connectivity index (χ0n) is 13.2. The topological polar surface area (TPSA) is 93.1 Å². The smallest absolute Gasteiger partial charge is 0.315 e. The lowest BCUT2D eigenvalue weighted by Crippen LogP contribution is -2.43. The number of hydrogen-bond donors (Lipinski definition) is 2. The molecule has 2 N–H and O–H groups in total. The van der Waals surface area contributed by atoms with Crippen molar-refractivity contribution in [2.75, 3.05) is 18.1 Å². The minimum Gasteiger partial charge on any atom is -0.338 e. The lowest BCUT2D eigenvalue weighted by atomic mass is 10.1. The number of nitrogens with one attached hydrogen (secondary N) is 2. The van der Waals surface area contributed by atoms with E-state index in [9.17, 15) is 13.2 Å². The number of urea groups is 1. The summed E-state index contributed by atoms with van der Waals surface area (Å²) in [6.45, 7) is 0.492. The first-order valence-corrected chi connectivity index (χ1v) is 9.68. The molecule has 0 spiro atoms. The van der Waals surface area contributed by atoms with E-state index in [1.54, 1.807) is 10.9 Å². The Morgan fingerprint density at radius 2 is 2.08 bits per heavy atom. The monoisotopic (exact) mass is 348 g/mol. The van der Waals surface area contributed by atoms with E-state index in [1.807, 2.05) is 36.5 Å². The minimum absolute atomic E-state index is 0.0370. The first-order chi connectivity index (χ1) is 11.5. The first-order valence-electron chi connectivity index (χ1n) is 7.86. The maximum Gasteiger partial charge on any atom is 0.315 e. The van der Waals surface area contributed by atoms with E-state index in [4.69, 9.17) is 0 Å². The van der Waals surface area contributed by atoms with Gasteiger partial charge in [0.25, 0.3) is 0 Å². The number of hydrogen-bond acceptors (Lipinski definition) is 4. The van der Waals surface area contributed by atoms with Crippen LogP contribution in [0.4, 0.5) is 4.79 Å². The van der Waals surface area contributed by atoms with Gasteiger partial charge >= 0.3 is 6.03 Å². The SMILES string of the molecule is O=C(NCCc1ccc(-n2cccn2)cc1)N[C@@H]1CCS(=O)(=O)C1. The number of amides is 2. The number of carbonyl (C=O) groups excluding carboxylic acids is 1. The van der Waals surface area contributed by atoms with Crippen molar-refractivity contribution in [1.82, 2.24) is 20.4 Å². The molecule has 2 heterocycles. The van der Waals surface area contributed by atoms with Crippen LogP contribution in [0, 0.1) is 0 Å². The summed E-state index contributed by atoms with van der Waals surface area (Å²) in [5, 5.41) is 9.64. The Labute approximate surface area is 141 Å². The van der Waals surface area contributed by atoms with Gasteiger partial charge in [-0.15, -0.1) is 0 Å². The Kier molecular flexibility index (Phi) is 4.84. The molecular formula is C16H20N4O3S. The van der Waals surface area contributed by atoms with Crippen LogP contribution < -0.4 is 10.6 Å². The Bertz CT molecular complexity index is 785. The summed E-state index contributed by atoms with van der Waals surface area (Å²) in [7, 11) is -2.98. The van der Waals surface area contributed by atoms with Crippen LogP contribution in [-0.2, 0) is 16.3 Å². The molecule has 1 aliphatic rings. The third-order valence-corrected chi connectivity index (χ3v) is 5.74. The van der Waals surface area contributed by atoms with Gasteiger partial charge in [-0.3, -0.25) is 0 Å². The lowest BCUT2D eigenvalue weighted by Gasteiger charge is -2.12. The molecule has 0 aliphatic carbocycles. The average molecular weight is 348 g/mol. The van der Waals surface area contributed by atoms with Gasteiger partial charge in [0.15, 0.2) is 9.84 Å². The molecule has 0 bridgehead atoms. The summed E-state index contributed by atoms with van der Waals surface area (Å²) in [4.78, 5) is 11.8. The molecule has 0 saturated carbocycles. The van der Waals surface area contributed by atoms with E-state index in [2.05, 4.69) is 15.7 Å². The van der Waals surface area contributed by atoms with Gasteiger partial charge in [0, 0.05) is 25.0 Å². The molecule has 1 saturated heterocycles.